The molecule has 1 aromatic rings. The molecule has 0 atom stereocenters. The fourth-order valence-electron chi connectivity index (χ4n) is 4.69. The molecule has 4 fully saturated rings. The van der Waals surface area contributed by atoms with Crippen molar-refractivity contribution in [1.82, 2.24) is 0 Å². The van der Waals surface area contributed by atoms with E-state index in [9.17, 15) is 18.0 Å². The summed E-state index contributed by atoms with van der Waals surface area (Å²) in [5, 5.41) is 0. The lowest BCUT2D eigenvalue weighted by Crippen LogP contribution is -2.64. The van der Waals surface area contributed by atoms with E-state index in [1.54, 1.807) is 0 Å². The van der Waals surface area contributed by atoms with Gasteiger partial charge in [0.25, 0.3) is 0 Å². The summed E-state index contributed by atoms with van der Waals surface area (Å²) in [6.07, 6.45) is 6.08. The van der Waals surface area contributed by atoms with Crippen molar-refractivity contribution >= 4 is 5.97 Å². The Bertz CT molecular complexity index is 759. The highest BCUT2D eigenvalue weighted by atomic mass is 19.2. The Labute approximate surface area is 180 Å². The average molecular weight is 442 g/mol. The standard InChI is InChI=1S/C23H29F3O5/c1-2-3-4-9-22-12-28-23(29-13-22,30-14-22)21(27)31-17-7-5-15(6-8-17)16-10-18(24)20(26)19(25)11-16/h10-11,15,17H,2-9,12-14H2,1H3. The number of carbonyl (C=O) groups excluding carboxylic acids is 1. The van der Waals surface area contributed by atoms with Gasteiger partial charge in [0, 0.05) is 5.41 Å². The van der Waals surface area contributed by atoms with Gasteiger partial charge in [-0.15, -0.1) is 0 Å². The fourth-order valence-corrected chi connectivity index (χ4v) is 4.69. The Morgan fingerprint density at radius 2 is 1.58 bits per heavy atom. The van der Waals surface area contributed by atoms with Gasteiger partial charge in [0.2, 0.25) is 0 Å². The van der Waals surface area contributed by atoms with Crippen LogP contribution in [0.15, 0.2) is 12.1 Å². The summed E-state index contributed by atoms with van der Waals surface area (Å²) in [5.74, 6) is -6.41. The lowest BCUT2D eigenvalue weighted by Gasteiger charge is -2.50. The summed E-state index contributed by atoms with van der Waals surface area (Å²) < 4.78 is 62.9. The third kappa shape index (κ3) is 4.61. The number of esters is 1. The maximum absolute atomic E-state index is 13.5. The van der Waals surface area contributed by atoms with Crippen molar-refractivity contribution in [3.63, 3.8) is 0 Å². The molecule has 0 spiro atoms. The second kappa shape index (κ2) is 9.08. The van der Waals surface area contributed by atoms with Crippen LogP contribution in [0.2, 0.25) is 0 Å². The maximum atomic E-state index is 13.5. The second-order valence-corrected chi connectivity index (χ2v) is 9.06. The van der Waals surface area contributed by atoms with E-state index in [1.165, 1.54) is 0 Å². The van der Waals surface area contributed by atoms with Crippen molar-refractivity contribution in [1.29, 1.82) is 0 Å². The minimum absolute atomic E-state index is 0.116. The highest BCUT2D eigenvalue weighted by molar-refractivity contribution is 5.76. The molecule has 172 valence electrons. The predicted molar refractivity (Wildman–Crippen MR) is 105 cm³/mol. The number of unbranched alkanes of at least 4 members (excludes halogenated alkanes) is 2. The molecular weight excluding hydrogens is 413 g/mol. The van der Waals surface area contributed by atoms with E-state index in [2.05, 4.69) is 6.92 Å². The van der Waals surface area contributed by atoms with Crippen LogP contribution in [0.3, 0.4) is 0 Å². The van der Waals surface area contributed by atoms with Gasteiger partial charge in [-0.1, -0.05) is 26.2 Å². The van der Waals surface area contributed by atoms with E-state index in [1.807, 2.05) is 0 Å². The van der Waals surface area contributed by atoms with Crippen LogP contribution in [0.25, 0.3) is 0 Å². The number of hydrogen-bond donors (Lipinski definition) is 0. The maximum Gasteiger partial charge on any atom is 0.398 e. The largest absolute Gasteiger partial charge is 0.456 e. The Morgan fingerprint density at radius 1 is 1.00 bits per heavy atom. The predicted octanol–water partition coefficient (Wildman–Crippen LogP) is 4.97. The highest BCUT2D eigenvalue weighted by Gasteiger charge is 2.58. The van der Waals surface area contributed by atoms with Crippen LogP contribution < -0.4 is 0 Å². The van der Waals surface area contributed by atoms with E-state index in [4.69, 9.17) is 18.9 Å². The molecule has 0 amide bonds. The van der Waals surface area contributed by atoms with Crippen LogP contribution >= 0.6 is 0 Å². The number of carbonyl (C=O) groups is 1. The van der Waals surface area contributed by atoms with Crippen molar-refractivity contribution in [2.45, 2.75) is 76.3 Å². The van der Waals surface area contributed by atoms with Gasteiger partial charge >= 0.3 is 11.9 Å². The number of rotatable bonds is 7. The number of halogens is 3. The lowest BCUT2D eigenvalue weighted by molar-refractivity contribution is -0.450. The molecule has 5 nitrogen and oxygen atoms in total. The van der Waals surface area contributed by atoms with Gasteiger partial charge in [-0.3, -0.25) is 0 Å². The van der Waals surface area contributed by atoms with Gasteiger partial charge in [-0.25, -0.2) is 18.0 Å². The van der Waals surface area contributed by atoms with Crippen LogP contribution in [0.4, 0.5) is 13.2 Å². The zero-order valence-corrected chi connectivity index (χ0v) is 17.8. The number of hydrogen-bond acceptors (Lipinski definition) is 5. The molecule has 2 bridgehead atoms. The van der Waals surface area contributed by atoms with Gasteiger partial charge < -0.3 is 18.9 Å². The smallest absolute Gasteiger partial charge is 0.398 e. The van der Waals surface area contributed by atoms with Crippen LogP contribution in [-0.4, -0.2) is 37.9 Å². The van der Waals surface area contributed by atoms with Crippen LogP contribution in [0, 0.1) is 22.9 Å². The van der Waals surface area contributed by atoms with Crippen molar-refractivity contribution in [3.05, 3.63) is 35.1 Å². The number of benzene rings is 1. The van der Waals surface area contributed by atoms with Gasteiger partial charge in [0.15, 0.2) is 17.5 Å². The topological polar surface area (TPSA) is 54.0 Å². The van der Waals surface area contributed by atoms with E-state index in [0.717, 1.165) is 37.8 Å². The average Bonchev–Trinajstić information content (AvgIpc) is 2.79. The minimum Gasteiger partial charge on any atom is -0.456 e. The van der Waals surface area contributed by atoms with E-state index >= 15 is 0 Å². The molecule has 0 aromatic heterocycles. The van der Waals surface area contributed by atoms with Gasteiger partial charge in [-0.2, -0.15) is 0 Å². The van der Waals surface area contributed by atoms with E-state index < -0.39 is 29.4 Å². The van der Waals surface area contributed by atoms with Crippen molar-refractivity contribution in [2.75, 3.05) is 19.8 Å². The Kier molecular flexibility index (Phi) is 6.60. The first-order valence-electron chi connectivity index (χ1n) is 11.1. The Balaban J connectivity index is 1.28. The first-order chi connectivity index (χ1) is 14.9. The van der Waals surface area contributed by atoms with E-state index in [-0.39, 0.29) is 17.4 Å². The molecule has 0 radical (unpaired) electrons. The summed E-state index contributed by atoms with van der Waals surface area (Å²) in [5.41, 5.74) is 0.225. The first kappa shape index (κ1) is 22.6. The molecule has 3 heterocycles. The second-order valence-electron chi connectivity index (χ2n) is 9.06. The van der Waals surface area contributed by atoms with Crippen molar-refractivity contribution in [3.8, 4) is 0 Å². The van der Waals surface area contributed by atoms with Gasteiger partial charge in [-0.05, 0) is 55.7 Å². The molecule has 4 aliphatic rings. The van der Waals surface area contributed by atoms with Crippen LogP contribution in [0.1, 0.15) is 69.8 Å². The first-order valence-corrected chi connectivity index (χ1v) is 11.1. The third-order valence-corrected chi connectivity index (χ3v) is 6.69. The summed E-state index contributed by atoms with van der Waals surface area (Å²) >= 11 is 0. The van der Waals surface area contributed by atoms with E-state index in [0.29, 0.717) is 51.1 Å². The zero-order chi connectivity index (χ0) is 22.1. The molecule has 31 heavy (non-hydrogen) atoms. The Hall–Kier alpha value is -1.64. The fraction of sp³-hybridized carbons (Fsp3) is 0.696. The summed E-state index contributed by atoms with van der Waals surface area (Å²) in [6.45, 7) is 3.36. The minimum atomic E-state index is -1.79. The normalized spacial score (nSPS) is 32.8. The molecule has 5 rings (SSSR count). The van der Waals surface area contributed by atoms with Crippen molar-refractivity contribution < 1.29 is 36.9 Å². The molecule has 1 saturated carbocycles. The number of ether oxygens (including phenoxy) is 4. The molecular formula is C23H29F3O5. The number of fused-ring (bicyclic) bond motifs is 3. The zero-order valence-electron chi connectivity index (χ0n) is 17.8. The molecule has 3 saturated heterocycles. The summed E-state index contributed by atoms with van der Waals surface area (Å²) in [6, 6.07) is 2.08. The third-order valence-electron chi connectivity index (χ3n) is 6.69. The summed E-state index contributed by atoms with van der Waals surface area (Å²) in [4.78, 5) is 12.7. The molecule has 0 unspecified atom stereocenters. The monoisotopic (exact) mass is 442 g/mol. The van der Waals surface area contributed by atoms with Crippen molar-refractivity contribution in [2.24, 2.45) is 5.41 Å². The SMILES string of the molecule is CCCCCC12COC(C(=O)OC3CCC(c4cc(F)c(F)c(F)c4)CC3)(OC1)OC2. The Morgan fingerprint density at radius 3 is 2.13 bits per heavy atom. The summed E-state index contributed by atoms with van der Waals surface area (Å²) in [7, 11) is 0. The van der Waals surface area contributed by atoms with Crippen LogP contribution in [0.5, 0.6) is 0 Å². The van der Waals surface area contributed by atoms with Gasteiger partial charge in [0.05, 0.1) is 19.8 Å². The molecule has 3 aliphatic heterocycles. The molecule has 1 aromatic carbocycles. The quantitative estimate of drug-likeness (QED) is 0.339. The molecule has 8 heteroatoms. The lowest BCUT2D eigenvalue weighted by atomic mass is 9.82. The molecule has 1 aliphatic carbocycles. The molecule has 0 N–H and O–H groups in total. The highest BCUT2D eigenvalue weighted by Crippen LogP contribution is 2.43. The van der Waals surface area contributed by atoms with Crippen LogP contribution in [-0.2, 0) is 23.7 Å². The van der Waals surface area contributed by atoms with Gasteiger partial charge in [0.1, 0.15) is 6.10 Å².